The number of rotatable bonds is 9. The number of aryl methyl sites for hydroxylation is 2. The molecule has 4 aromatic heterocycles. The van der Waals surface area contributed by atoms with Gasteiger partial charge in [0.05, 0.1) is 40.7 Å². The number of pyridine rings is 3. The predicted molar refractivity (Wildman–Crippen MR) is 168 cm³/mol. The van der Waals surface area contributed by atoms with Gasteiger partial charge in [-0.3, -0.25) is 15.1 Å². The highest BCUT2D eigenvalue weighted by molar-refractivity contribution is 5.92. The fourth-order valence-corrected chi connectivity index (χ4v) is 5.57. The monoisotopic (exact) mass is 541 g/mol. The third-order valence-corrected chi connectivity index (χ3v) is 7.61. The molecule has 1 aliphatic rings. The van der Waals surface area contributed by atoms with E-state index in [0.717, 1.165) is 63.3 Å². The number of hydrogen-bond acceptors (Lipinski definition) is 6. The van der Waals surface area contributed by atoms with E-state index in [1.54, 1.807) is 6.20 Å². The normalized spacial score (nSPS) is 12.5. The number of anilines is 2. The molecule has 0 atom stereocenters. The number of benzene rings is 1. The van der Waals surface area contributed by atoms with Crippen molar-refractivity contribution >= 4 is 28.1 Å². The van der Waals surface area contributed by atoms with Crippen LogP contribution in [0, 0.1) is 12.8 Å². The van der Waals surface area contributed by atoms with E-state index in [1.165, 1.54) is 29.5 Å². The van der Waals surface area contributed by atoms with Crippen molar-refractivity contribution in [3.05, 3.63) is 102 Å². The third-order valence-electron chi connectivity index (χ3n) is 7.61. The first-order valence-electron chi connectivity index (χ1n) is 14.1. The Labute approximate surface area is 240 Å². The van der Waals surface area contributed by atoms with Gasteiger partial charge in [-0.25, -0.2) is 4.98 Å². The minimum Gasteiger partial charge on any atom is -0.358 e. The number of aromatic nitrogens is 5. The van der Waals surface area contributed by atoms with E-state index in [2.05, 4.69) is 82.9 Å². The lowest BCUT2D eigenvalue weighted by molar-refractivity contribution is 0.645. The summed E-state index contributed by atoms with van der Waals surface area (Å²) in [6.45, 7) is 14.9. The Morgan fingerprint density at radius 1 is 0.927 bits per heavy atom. The van der Waals surface area contributed by atoms with Gasteiger partial charge in [-0.05, 0) is 79.0 Å². The summed E-state index contributed by atoms with van der Waals surface area (Å²) in [5.41, 5.74) is 13.7. The van der Waals surface area contributed by atoms with Crippen LogP contribution in [-0.4, -0.2) is 25.1 Å². The van der Waals surface area contributed by atoms with Crippen LogP contribution in [0.1, 0.15) is 49.1 Å². The second kappa shape index (κ2) is 11.0. The summed E-state index contributed by atoms with van der Waals surface area (Å²) in [5, 5.41) is 14.5. The molecule has 0 fully saturated rings. The highest BCUT2D eigenvalue weighted by Gasteiger charge is 2.17. The predicted octanol–water partition coefficient (Wildman–Crippen LogP) is 7.93. The fourth-order valence-electron chi connectivity index (χ4n) is 5.57. The summed E-state index contributed by atoms with van der Waals surface area (Å²) in [5.74, 6) is 0.525. The van der Waals surface area contributed by atoms with Crippen molar-refractivity contribution in [3.8, 4) is 22.4 Å². The van der Waals surface area contributed by atoms with Gasteiger partial charge in [0.15, 0.2) is 0 Å². The molecule has 41 heavy (non-hydrogen) atoms. The molecule has 0 radical (unpaired) electrons. The van der Waals surface area contributed by atoms with E-state index < -0.39 is 0 Å². The zero-order valence-corrected chi connectivity index (χ0v) is 23.9. The Balaban J connectivity index is 1.26. The van der Waals surface area contributed by atoms with Gasteiger partial charge in [0.25, 0.3) is 0 Å². The Kier molecular flexibility index (Phi) is 7.10. The van der Waals surface area contributed by atoms with Crippen LogP contribution < -0.4 is 10.6 Å². The average molecular weight is 542 g/mol. The van der Waals surface area contributed by atoms with Crippen molar-refractivity contribution in [3.63, 3.8) is 0 Å². The molecule has 0 bridgehead atoms. The van der Waals surface area contributed by atoms with Gasteiger partial charge in [-0.1, -0.05) is 45.2 Å². The maximum atomic E-state index is 4.96. The average Bonchev–Trinajstić information content (AvgIpc) is 3.60. The number of H-pyrrole nitrogens is 1. The van der Waals surface area contributed by atoms with Crippen LogP contribution in [0.15, 0.2) is 80.0 Å². The van der Waals surface area contributed by atoms with Crippen LogP contribution in [0.2, 0.25) is 0 Å². The van der Waals surface area contributed by atoms with Gasteiger partial charge >= 0.3 is 0 Å². The van der Waals surface area contributed by atoms with E-state index in [4.69, 9.17) is 4.98 Å². The lowest BCUT2D eigenvalue weighted by Crippen LogP contribution is -2.03. The minimum atomic E-state index is 0.525. The van der Waals surface area contributed by atoms with Gasteiger partial charge in [0.1, 0.15) is 11.2 Å². The van der Waals surface area contributed by atoms with E-state index in [1.807, 2.05) is 36.8 Å². The van der Waals surface area contributed by atoms with Crippen LogP contribution in [-0.2, 0) is 12.8 Å². The van der Waals surface area contributed by atoms with Gasteiger partial charge < -0.3 is 10.6 Å². The second-order valence-corrected chi connectivity index (χ2v) is 11.3. The maximum Gasteiger partial charge on any atom is 0.134 e. The Hall–Kier alpha value is -4.78. The largest absolute Gasteiger partial charge is 0.358 e. The van der Waals surface area contributed by atoms with Crippen molar-refractivity contribution in [1.82, 2.24) is 25.1 Å². The van der Waals surface area contributed by atoms with Crippen molar-refractivity contribution in [1.29, 1.82) is 0 Å². The molecule has 6 rings (SSSR count). The number of nitrogens with one attached hydrogen (secondary N) is 3. The molecular weight excluding hydrogens is 506 g/mol. The van der Waals surface area contributed by atoms with Crippen molar-refractivity contribution in [2.75, 3.05) is 10.6 Å². The molecule has 7 heteroatoms. The van der Waals surface area contributed by atoms with Gasteiger partial charge in [-0.15, -0.1) is 0 Å². The molecule has 4 heterocycles. The third kappa shape index (κ3) is 5.48. The number of hydrogen-bond donors (Lipinski definition) is 3. The van der Waals surface area contributed by atoms with Gasteiger partial charge in [-0.2, -0.15) is 5.10 Å². The molecule has 0 saturated heterocycles. The summed E-state index contributed by atoms with van der Waals surface area (Å²) in [6.07, 6.45) is 11.8. The maximum absolute atomic E-state index is 4.96. The van der Waals surface area contributed by atoms with Crippen molar-refractivity contribution in [2.24, 2.45) is 5.92 Å². The lowest BCUT2D eigenvalue weighted by Gasteiger charge is -2.14. The van der Waals surface area contributed by atoms with Crippen molar-refractivity contribution in [2.45, 2.75) is 46.5 Å². The highest BCUT2D eigenvalue weighted by atomic mass is 15.1. The lowest BCUT2D eigenvalue weighted by atomic mass is 9.98. The van der Waals surface area contributed by atoms with Crippen LogP contribution in [0.4, 0.5) is 11.4 Å². The summed E-state index contributed by atoms with van der Waals surface area (Å²) in [4.78, 5) is 13.9. The first kappa shape index (κ1) is 26.4. The quantitative estimate of drug-likeness (QED) is 0.175. The van der Waals surface area contributed by atoms with E-state index in [-0.39, 0.29) is 0 Å². The molecular formula is C34H35N7. The molecule has 5 aromatic rings. The molecule has 3 N–H and O–H groups in total. The molecule has 0 unspecified atom stereocenters. The zero-order valence-electron chi connectivity index (χ0n) is 23.9. The number of nitrogens with zero attached hydrogens (tertiary/aromatic N) is 4. The van der Waals surface area contributed by atoms with Crippen LogP contribution in [0.3, 0.4) is 0 Å². The van der Waals surface area contributed by atoms with E-state index in [9.17, 15) is 0 Å². The minimum absolute atomic E-state index is 0.525. The second-order valence-electron chi connectivity index (χ2n) is 11.3. The van der Waals surface area contributed by atoms with Crippen LogP contribution in [0.5, 0.6) is 0 Å². The fraction of sp³-hybridized carbons (Fsp3) is 0.235. The molecule has 7 nitrogen and oxygen atoms in total. The molecule has 0 spiro atoms. The van der Waals surface area contributed by atoms with E-state index in [0.29, 0.717) is 17.3 Å². The molecule has 0 aliphatic heterocycles. The summed E-state index contributed by atoms with van der Waals surface area (Å²) in [7, 11) is 0. The topological polar surface area (TPSA) is 91.4 Å². The van der Waals surface area contributed by atoms with Gasteiger partial charge in [0, 0.05) is 29.2 Å². The molecule has 0 saturated carbocycles. The highest BCUT2D eigenvalue weighted by Crippen LogP contribution is 2.33. The summed E-state index contributed by atoms with van der Waals surface area (Å²) >= 11 is 0. The van der Waals surface area contributed by atoms with E-state index >= 15 is 0 Å². The van der Waals surface area contributed by atoms with Crippen LogP contribution >= 0.6 is 0 Å². The Morgan fingerprint density at radius 2 is 1.76 bits per heavy atom. The molecule has 1 aliphatic carbocycles. The van der Waals surface area contributed by atoms with Gasteiger partial charge in [0.2, 0.25) is 0 Å². The number of allylic oxidation sites excluding steroid dienone is 1. The number of aromatic amines is 1. The van der Waals surface area contributed by atoms with Crippen molar-refractivity contribution < 1.29 is 0 Å². The first-order chi connectivity index (χ1) is 19.9. The molecule has 0 amide bonds. The summed E-state index contributed by atoms with van der Waals surface area (Å²) in [6, 6.07) is 12.8. The summed E-state index contributed by atoms with van der Waals surface area (Å²) < 4.78 is 0. The SMILES string of the molecule is C=C(CC(C)C)Nc1cncc(-c2ccc3[nH]nc(C(=C)Nc4cncc(-c5ccc6c(c5)CCC6)c4C)c3n2)c1. The Morgan fingerprint density at radius 3 is 2.61 bits per heavy atom. The standard InChI is InChI=1S/C34H35N7/c1-20(2)13-21(3)37-28-15-27(16-35-17-28)30-11-12-31-34(39-30)33(41-40-31)23(5)38-32-19-36-18-29(22(32)4)26-10-9-24-7-6-8-25(24)14-26/h9-12,14-20,37-38H,3,5-8,13H2,1-2,4H3,(H,40,41). The Bertz CT molecular complexity index is 1780. The van der Waals surface area contributed by atoms with Crippen LogP contribution in [0.25, 0.3) is 39.1 Å². The first-order valence-corrected chi connectivity index (χ1v) is 14.1. The molecule has 206 valence electrons. The number of fused-ring (bicyclic) bond motifs is 2. The smallest absolute Gasteiger partial charge is 0.134 e. The molecule has 1 aromatic carbocycles. The zero-order chi connectivity index (χ0) is 28.5.